The average Bonchev–Trinajstić information content (AvgIpc) is 3.28. The molecule has 0 radical (unpaired) electrons. The van der Waals surface area contributed by atoms with Crippen LogP contribution in [0.5, 0.6) is 0 Å². The van der Waals surface area contributed by atoms with Gasteiger partial charge in [-0.25, -0.2) is 0 Å². The molecule has 0 unspecified atom stereocenters. The third-order valence-corrected chi connectivity index (χ3v) is 5.13. The molecule has 1 N–H and O–H groups in total. The van der Waals surface area contributed by atoms with Crippen molar-refractivity contribution in [3.8, 4) is 11.3 Å². The molecule has 0 aliphatic heterocycles. The molecule has 3 rings (SSSR count). The van der Waals surface area contributed by atoms with E-state index >= 15 is 0 Å². The largest absolute Gasteiger partial charge is 0.416 e. The molecular formula is C18H19F3N2O5S. The van der Waals surface area contributed by atoms with Gasteiger partial charge in [-0.2, -0.15) is 21.6 Å². The minimum absolute atomic E-state index is 0.0163. The van der Waals surface area contributed by atoms with Gasteiger partial charge in [0.2, 0.25) is 0 Å². The summed E-state index contributed by atoms with van der Waals surface area (Å²) in [4.78, 5) is 12.6. The summed E-state index contributed by atoms with van der Waals surface area (Å²) >= 11 is 0. The highest BCUT2D eigenvalue weighted by molar-refractivity contribution is 7.85. The number of carbonyl (C=O) groups is 1. The van der Waals surface area contributed by atoms with Crippen LogP contribution in [0.25, 0.3) is 11.3 Å². The van der Waals surface area contributed by atoms with Gasteiger partial charge in [0.1, 0.15) is 0 Å². The number of carbonyl (C=O) groups excluding carboxylic acids is 1. The van der Waals surface area contributed by atoms with E-state index in [1.807, 2.05) is 0 Å². The van der Waals surface area contributed by atoms with Gasteiger partial charge in [0.05, 0.1) is 24.0 Å². The maximum atomic E-state index is 12.8. The molecule has 0 saturated heterocycles. The monoisotopic (exact) mass is 432 g/mol. The highest BCUT2D eigenvalue weighted by Crippen LogP contribution is 2.33. The second-order valence-electron chi connectivity index (χ2n) is 6.84. The number of halogens is 3. The molecule has 2 aromatic rings. The summed E-state index contributed by atoms with van der Waals surface area (Å²) in [7, 11) is -3.84. The second kappa shape index (κ2) is 8.15. The molecule has 1 saturated carbocycles. The van der Waals surface area contributed by atoms with E-state index in [1.54, 1.807) is 0 Å². The van der Waals surface area contributed by atoms with Crippen molar-refractivity contribution in [1.29, 1.82) is 0 Å². The van der Waals surface area contributed by atoms with Crippen molar-refractivity contribution in [3.63, 3.8) is 0 Å². The predicted octanol–water partition coefficient (Wildman–Crippen LogP) is 3.51. The van der Waals surface area contributed by atoms with Gasteiger partial charge in [0, 0.05) is 11.6 Å². The maximum Gasteiger partial charge on any atom is 0.416 e. The van der Waals surface area contributed by atoms with Crippen LogP contribution in [0.3, 0.4) is 0 Å². The topological polar surface area (TPSA) is 98.5 Å². The molecule has 7 nitrogen and oxygen atoms in total. The SMILES string of the molecule is CS(=O)(=O)OCc1c(C(=O)NC2CCCC2)noc1-c1ccc(C(F)(F)F)cc1. The molecule has 1 aliphatic rings. The minimum Gasteiger partial charge on any atom is -0.355 e. The average molecular weight is 432 g/mol. The molecule has 1 fully saturated rings. The molecule has 1 heterocycles. The smallest absolute Gasteiger partial charge is 0.355 e. The first-order valence-corrected chi connectivity index (χ1v) is 10.7. The van der Waals surface area contributed by atoms with Gasteiger partial charge >= 0.3 is 6.18 Å². The number of benzene rings is 1. The molecule has 1 amide bonds. The lowest BCUT2D eigenvalue weighted by molar-refractivity contribution is -0.137. The van der Waals surface area contributed by atoms with Crippen LogP contribution >= 0.6 is 0 Å². The van der Waals surface area contributed by atoms with Crippen molar-refractivity contribution in [2.24, 2.45) is 0 Å². The van der Waals surface area contributed by atoms with Gasteiger partial charge in [0.25, 0.3) is 16.0 Å². The van der Waals surface area contributed by atoms with Crippen molar-refractivity contribution in [2.45, 2.75) is 44.5 Å². The van der Waals surface area contributed by atoms with E-state index in [1.165, 1.54) is 0 Å². The maximum absolute atomic E-state index is 12.8. The minimum atomic E-state index is -4.51. The number of amides is 1. The Kier molecular flexibility index (Phi) is 5.99. The molecule has 1 aromatic carbocycles. The number of nitrogens with zero attached hydrogens (tertiary/aromatic N) is 1. The lowest BCUT2D eigenvalue weighted by atomic mass is 10.0. The third-order valence-electron chi connectivity index (χ3n) is 4.59. The molecule has 0 spiro atoms. The quantitative estimate of drug-likeness (QED) is 0.702. The number of hydrogen-bond donors (Lipinski definition) is 1. The Morgan fingerprint density at radius 1 is 1.24 bits per heavy atom. The van der Waals surface area contributed by atoms with E-state index < -0.39 is 34.4 Å². The van der Waals surface area contributed by atoms with Crippen molar-refractivity contribution in [1.82, 2.24) is 10.5 Å². The van der Waals surface area contributed by atoms with E-state index in [0.717, 1.165) is 56.2 Å². The van der Waals surface area contributed by atoms with Crippen LogP contribution in [-0.2, 0) is 27.1 Å². The highest BCUT2D eigenvalue weighted by atomic mass is 32.2. The summed E-state index contributed by atoms with van der Waals surface area (Å²) in [6, 6.07) is 4.02. The number of alkyl halides is 3. The van der Waals surface area contributed by atoms with Crippen LogP contribution in [0.15, 0.2) is 28.8 Å². The van der Waals surface area contributed by atoms with E-state index in [2.05, 4.69) is 10.5 Å². The summed E-state index contributed by atoms with van der Waals surface area (Å²) in [5.74, 6) is -0.579. The van der Waals surface area contributed by atoms with Crippen LogP contribution in [0.4, 0.5) is 13.2 Å². The Morgan fingerprint density at radius 3 is 2.41 bits per heavy atom. The predicted molar refractivity (Wildman–Crippen MR) is 96.3 cm³/mol. The van der Waals surface area contributed by atoms with Gasteiger partial charge in [-0.3, -0.25) is 8.98 Å². The van der Waals surface area contributed by atoms with E-state index in [0.29, 0.717) is 0 Å². The van der Waals surface area contributed by atoms with Crippen LogP contribution in [0, 0.1) is 0 Å². The van der Waals surface area contributed by atoms with Crippen molar-refractivity contribution in [3.05, 3.63) is 41.1 Å². The fraction of sp³-hybridized carbons (Fsp3) is 0.444. The van der Waals surface area contributed by atoms with Crippen molar-refractivity contribution < 1.29 is 35.1 Å². The first kappa shape index (κ1) is 21.3. The van der Waals surface area contributed by atoms with E-state index in [9.17, 15) is 26.4 Å². The Hall–Kier alpha value is -2.40. The summed E-state index contributed by atoms with van der Waals surface area (Å²) in [6.45, 7) is -0.536. The normalized spacial score (nSPS) is 15.6. The first-order chi connectivity index (χ1) is 13.5. The van der Waals surface area contributed by atoms with Gasteiger partial charge in [0.15, 0.2) is 11.5 Å². The lowest BCUT2D eigenvalue weighted by Gasteiger charge is -2.11. The molecular weight excluding hydrogens is 413 g/mol. The summed E-state index contributed by atoms with van der Waals surface area (Å²) in [6.07, 6.45) is -0.0324. The van der Waals surface area contributed by atoms with E-state index in [4.69, 9.17) is 8.71 Å². The molecule has 1 aromatic heterocycles. The third kappa shape index (κ3) is 5.36. The summed E-state index contributed by atoms with van der Waals surface area (Å²) < 4.78 is 71.1. The Morgan fingerprint density at radius 2 is 1.86 bits per heavy atom. The van der Waals surface area contributed by atoms with Crippen molar-refractivity contribution >= 4 is 16.0 Å². The molecule has 29 heavy (non-hydrogen) atoms. The lowest BCUT2D eigenvalue weighted by Crippen LogP contribution is -2.33. The Balaban J connectivity index is 1.93. The fourth-order valence-electron chi connectivity index (χ4n) is 3.15. The fourth-order valence-corrected chi connectivity index (χ4v) is 3.48. The number of rotatable bonds is 6. The zero-order valence-corrected chi connectivity index (χ0v) is 16.3. The van der Waals surface area contributed by atoms with Crippen LogP contribution < -0.4 is 5.32 Å². The van der Waals surface area contributed by atoms with Gasteiger partial charge in [-0.05, 0) is 25.0 Å². The number of nitrogens with one attached hydrogen (secondary N) is 1. The van der Waals surface area contributed by atoms with Crippen LogP contribution in [0.1, 0.15) is 47.3 Å². The summed E-state index contributed by atoms with van der Waals surface area (Å²) in [5.41, 5.74) is -0.757. The number of hydrogen-bond acceptors (Lipinski definition) is 6. The van der Waals surface area contributed by atoms with Gasteiger partial charge in [-0.15, -0.1) is 0 Å². The molecule has 11 heteroatoms. The van der Waals surface area contributed by atoms with Gasteiger partial charge < -0.3 is 9.84 Å². The zero-order chi connectivity index (χ0) is 21.2. The molecule has 1 aliphatic carbocycles. The molecule has 0 bridgehead atoms. The van der Waals surface area contributed by atoms with Gasteiger partial charge in [-0.1, -0.05) is 30.1 Å². The number of aromatic nitrogens is 1. The molecule has 158 valence electrons. The summed E-state index contributed by atoms with van der Waals surface area (Å²) in [5, 5.41) is 6.53. The highest BCUT2D eigenvalue weighted by Gasteiger charge is 2.31. The second-order valence-corrected chi connectivity index (χ2v) is 8.48. The van der Waals surface area contributed by atoms with Crippen LogP contribution in [-0.4, -0.2) is 31.8 Å². The molecule has 0 atom stereocenters. The van der Waals surface area contributed by atoms with Crippen molar-refractivity contribution in [2.75, 3.05) is 6.26 Å². The van der Waals surface area contributed by atoms with E-state index in [-0.39, 0.29) is 28.6 Å². The van der Waals surface area contributed by atoms with Crippen LogP contribution in [0.2, 0.25) is 0 Å². The standard InChI is InChI=1S/C18H19F3N2O5S/c1-29(25,26)27-10-14-15(17(24)22-13-4-2-3-5-13)23-28-16(14)11-6-8-12(9-7-11)18(19,20)21/h6-9,13H,2-5,10H2,1H3,(H,22,24). The first-order valence-electron chi connectivity index (χ1n) is 8.86. The Labute approximate surface area is 165 Å². The zero-order valence-electron chi connectivity index (χ0n) is 15.5. The Bertz CT molecular complexity index is 978.